The highest BCUT2D eigenvalue weighted by molar-refractivity contribution is 7.19. The Kier molecular flexibility index (Phi) is 5.55. The number of hydrogen-bond acceptors (Lipinski definition) is 7. The molecule has 9 nitrogen and oxygen atoms in total. The minimum Gasteiger partial charge on any atom is -0.389 e. The Morgan fingerprint density at radius 3 is 2.81 bits per heavy atom. The SMILES string of the molecule is Cn1ncc(NC(=O)c2nc(-c3c(F)cccc3F)sc2N)c1N1CCCNC(=O)C1. The molecule has 4 rings (SSSR count). The van der Waals surface area contributed by atoms with Crippen molar-refractivity contribution in [1.82, 2.24) is 20.1 Å². The minimum absolute atomic E-state index is 0.0229. The van der Waals surface area contributed by atoms with Gasteiger partial charge in [-0.3, -0.25) is 14.3 Å². The molecule has 1 aliphatic rings. The van der Waals surface area contributed by atoms with E-state index in [-0.39, 0.29) is 33.7 Å². The van der Waals surface area contributed by atoms with E-state index in [0.717, 1.165) is 29.9 Å². The number of nitrogens with zero attached hydrogens (tertiary/aromatic N) is 4. The first kappa shape index (κ1) is 20.7. The number of halogens is 2. The largest absolute Gasteiger partial charge is 0.389 e. The summed E-state index contributed by atoms with van der Waals surface area (Å²) in [5.41, 5.74) is 5.81. The van der Waals surface area contributed by atoms with E-state index in [0.29, 0.717) is 24.6 Å². The fourth-order valence-corrected chi connectivity index (χ4v) is 4.24. The van der Waals surface area contributed by atoms with Gasteiger partial charge in [0.2, 0.25) is 5.91 Å². The van der Waals surface area contributed by atoms with Crippen LogP contribution >= 0.6 is 11.3 Å². The molecule has 162 valence electrons. The zero-order valence-corrected chi connectivity index (χ0v) is 17.3. The molecule has 0 saturated carbocycles. The second-order valence-electron chi connectivity index (χ2n) is 6.91. The number of nitrogens with two attached hydrogens (primary N) is 1. The molecule has 2 aromatic heterocycles. The van der Waals surface area contributed by atoms with Crippen molar-refractivity contribution in [2.24, 2.45) is 7.05 Å². The maximum Gasteiger partial charge on any atom is 0.277 e. The third-order valence-corrected chi connectivity index (χ3v) is 5.66. The molecule has 3 aromatic rings. The summed E-state index contributed by atoms with van der Waals surface area (Å²) in [6.45, 7) is 1.29. The number of rotatable bonds is 4. The summed E-state index contributed by atoms with van der Waals surface area (Å²) >= 11 is 0.817. The number of anilines is 3. The van der Waals surface area contributed by atoms with Gasteiger partial charge in [0, 0.05) is 20.1 Å². The first-order chi connectivity index (χ1) is 14.8. The van der Waals surface area contributed by atoms with E-state index < -0.39 is 17.5 Å². The number of nitrogen functional groups attached to an aromatic ring is 1. The van der Waals surface area contributed by atoms with Crippen molar-refractivity contribution in [2.45, 2.75) is 6.42 Å². The zero-order valence-electron chi connectivity index (χ0n) is 16.5. The number of thiazole rings is 1. The maximum atomic E-state index is 14.1. The fraction of sp³-hybridized carbons (Fsp3) is 0.263. The second-order valence-corrected chi connectivity index (χ2v) is 7.94. The molecule has 0 unspecified atom stereocenters. The van der Waals surface area contributed by atoms with Crippen molar-refractivity contribution in [3.63, 3.8) is 0 Å². The van der Waals surface area contributed by atoms with Gasteiger partial charge in [0.25, 0.3) is 5.91 Å². The Balaban J connectivity index is 1.62. The molecule has 12 heteroatoms. The number of aromatic nitrogens is 3. The summed E-state index contributed by atoms with van der Waals surface area (Å²) in [5, 5.41) is 9.65. The minimum atomic E-state index is -0.797. The maximum absolute atomic E-state index is 14.1. The van der Waals surface area contributed by atoms with Gasteiger partial charge in [-0.2, -0.15) is 5.10 Å². The summed E-state index contributed by atoms with van der Waals surface area (Å²) < 4.78 is 29.7. The number of amides is 2. The van der Waals surface area contributed by atoms with Crippen LogP contribution in [0.3, 0.4) is 0 Å². The third-order valence-electron chi connectivity index (χ3n) is 4.76. The quantitative estimate of drug-likeness (QED) is 0.563. The van der Waals surface area contributed by atoms with Crippen molar-refractivity contribution in [3.05, 3.63) is 41.7 Å². The van der Waals surface area contributed by atoms with Gasteiger partial charge in [-0.05, 0) is 18.6 Å². The van der Waals surface area contributed by atoms with Crippen molar-refractivity contribution in [2.75, 3.05) is 35.6 Å². The molecule has 4 N–H and O–H groups in total. The Morgan fingerprint density at radius 1 is 1.32 bits per heavy atom. The van der Waals surface area contributed by atoms with Crippen molar-refractivity contribution in [1.29, 1.82) is 0 Å². The average Bonchev–Trinajstić information content (AvgIpc) is 3.18. The van der Waals surface area contributed by atoms with Gasteiger partial charge in [0.1, 0.15) is 27.3 Å². The van der Waals surface area contributed by atoms with Gasteiger partial charge in [-0.1, -0.05) is 17.4 Å². The monoisotopic (exact) mass is 447 g/mol. The molecule has 0 atom stereocenters. The third kappa shape index (κ3) is 4.06. The van der Waals surface area contributed by atoms with Crippen LogP contribution in [0, 0.1) is 11.6 Å². The van der Waals surface area contributed by atoms with Crippen LogP contribution in [0.1, 0.15) is 16.9 Å². The van der Waals surface area contributed by atoms with Crippen LogP contribution in [0.25, 0.3) is 10.6 Å². The molecule has 3 heterocycles. The van der Waals surface area contributed by atoms with Crippen LogP contribution in [0.4, 0.5) is 25.3 Å². The predicted molar refractivity (Wildman–Crippen MR) is 113 cm³/mol. The number of carbonyl (C=O) groups is 2. The number of aryl methyl sites for hydroxylation is 1. The summed E-state index contributed by atoms with van der Waals surface area (Å²) in [6, 6.07) is 3.45. The summed E-state index contributed by atoms with van der Waals surface area (Å²) in [4.78, 5) is 30.7. The molecule has 2 amide bonds. The average molecular weight is 447 g/mol. The standard InChI is InChI=1S/C19H19F2N7O2S/c1-27-19(28-7-3-6-23-13(29)9-28)12(8-24-27)25-17(30)15-16(22)31-18(26-15)14-10(20)4-2-5-11(14)21/h2,4-5,8H,3,6-7,9,22H2,1H3,(H,23,29)(H,25,30). The normalized spacial score (nSPS) is 14.3. The first-order valence-corrected chi connectivity index (χ1v) is 10.2. The topological polar surface area (TPSA) is 118 Å². The number of hydrogen-bond donors (Lipinski definition) is 3. The van der Waals surface area contributed by atoms with E-state index in [1.54, 1.807) is 11.7 Å². The van der Waals surface area contributed by atoms with Gasteiger partial charge in [0.05, 0.1) is 18.3 Å². The van der Waals surface area contributed by atoms with Gasteiger partial charge < -0.3 is 21.3 Å². The van der Waals surface area contributed by atoms with Crippen LogP contribution in [-0.4, -0.2) is 46.2 Å². The molecule has 0 radical (unpaired) electrons. The molecule has 1 aromatic carbocycles. The number of carbonyl (C=O) groups excluding carboxylic acids is 2. The number of nitrogens with one attached hydrogen (secondary N) is 2. The second kappa shape index (κ2) is 8.30. The molecule has 0 bridgehead atoms. The first-order valence-electron chi connectivity index (χ1n) is 9.41. The van der Waals surface area contributed by atoms with Gasteiger partial charge in [-0.25, -0.2) is 13.8 Å². The van der Waals surface area contributed by atoms with Crippen LogP contribution in [0.5, 0.6) is 0 Å². The van der Waals surface area contributed by atoms with E-state index in [1.165, 1.54) is 12.3 Å². The lowest BCUT2D eigenvalue weighted by molar-refractivity contribution is -0.119. The molecule has 1 fully saturated rings. The lowest BCUT2D eigenvalue weighted by atomic mass is 10.2. The zero-order chi connectivity index (χ0) is 22.1. The number of benzene rings is 1. The molecular formula is C19H19F2N7O2S. The van der Waals surface area contributed by atoms with Crippen LogP contribution in [0.2, 0.25) is 0 Å². The summed E-state index contributed by atoms with van der Waals surface area (Å²) in [6.07, 6.45) is 2.19. The molecule has 1 aliphatic heterocycles. The Labute approximate surface area is 179 Å². The van der Waals surface area contributed by atoms with E-state index in [9.17, 15) is 18.4 Å². The summed E-state index contributed by atoms with van der Waals surface area (Å²) in [7, 11) is 1.70. The Bertz CT molecular complexity index is 1140. The molecule has 31 heavy (non-hydrogen) atoms. The Morgan fingerprint density at radius 2 is 2.06 bits per heavy atom. The van der Waals surface area contributed by atoms with Gasteiger partial charge in [-0.15, -0.1) is 0 Å². The highest BCUT2D eigenvalue weighted by atomic mass is 32.1. The van der Waals surface area contributed by atoms with Gasteiger partial charge >= 0.3 is 0 Å². The Hall–Kier alpha value is -3.54. The molecule has 0 aliphatic carbocycles. The van der Waals surface area contributed by atoms with E-state index in [4.69, 9.17) is 5.73 Å². The van der Waals surface area contributed by atoms with Crippen LogP contribution in [0.15, 0.2) is 24.4 Å². The van der Waals surface area contributed by atoms with Crippen molar-refractivity contribution >= 4 is 39.7 Å². The van der Waals surface area contributed by atoms with Crippen molar-refractivity contribution < 1.29 is 18.4 Å². The highest BCUT2D eigenvalue weighted by Gasteiger charge is 2.25. The lowest BCUT2D eigenvalue weighted by Gasteiger charge is -2.22. The van der Waals surface area contributed by atoms with Crippen molar-refractivity contribution in [3.8, 4) is 10.6 Å². The highest BCUT2D eigenvalue weighted by Crippen LogP contribution is 2.34. The molecule has 0 spiro atoms. The van der Waals surface area contributed by atoms with E-state index in [2.05, 4.69) is 20.7 Å². The van der Waals surface area contributed by atoms with E-state index >= 15 is 0 Å². The van der Waals surface area contributed by atoms with Crippen LogP contribution in [-0.2, 0) is 11.8 Å². The summed E-state index contributed by atoms with van der Waals surface area (Å²) in [5.74, 6) is -1.81. The van der Waals surface area contributed by atoms with Gasteiger partial charge in [0.15, 0.2) is 11.5 Å². The van der Waals surface area contributed by atoms with E-state index in [1.807, 2.05) is 4.90 Å². The predicted octanol–water partition coefficient (Wildman–Crippen LogP) is 1.98. The lowest BCUT2D eigenvalue weighted by Crippen LogP contribution is -2.34. The molecular weight excluding hydrogens is 428 g/mol. The van der Waals surface area contributed by atoms with Crippen LogP contribution < -0.4 is 21.3 Å². The molecule has 1 saturated heterocycles. The fourth-order valence-electron chi connectivity index (χ4n) is 3.37. The smallest absolute Gasteiger partial charge is 0.277 e.